The first-order chi connectivity index (χ1) is 15.1. The molecule has 8 nitrogen and oxygen atoms in total. The molecule has 1 saturated heterocycles. The van der Waals surface area contributed by atoms with E-state index in [1.54, 1.807) is 0 Å². The second-order valence-electron chi connectivity index (χ2n) is 6.53. The number of sulfonamides is 1. The van der Waals surface area contributed by atoms with Crippen molar-refractivity contribution in [3.63, 3.8) is 0 Å². The predicted molar refractivity (Wildman–Crippen MR) is 111 cm³/mol. The van der Waals surface area contributed by atoms with E-state index in [9.17, 15) is 26.8 Å². The molecule has 0 aliphatic carbocycles. The Morgan fingerprint density at radius 3 is 2.44 bits per heavy atom. The van der Waals surface area contributed by atoms with Crippen molar-refractivity contribution in [2.45, 2.75) is 4.90 Å². The molecule has 32 heavy (non-hydrogen) atoms. The molecule has 2 aromatic carbocycles. The van der Waals surface area contributed by atoms with Crippen LogP contribution in [0.5, 0.6) is 0 Å². The number of nitrogens with one attached hydrogen (secondary N) is 1. The fourth-order valence-corrected chi connectivity index (χ4v) is 5.03. The molecule has 0 spiro atoms. The third-order valence-corrected chi connectivity index (χ3v) is 7.04. The molecule has 1 fully saturated rings. The van der Waals surface area contributed by atoms with Gasteiger partial charge in [-0.15, -0.1) is 0 Å². The Balaban J connectivity index is 1.73. The van der Waals surface area contributed by atoms with E-state index >= 15 is 0 Å². The first kappa shape index (κ1) is 24.3. The zero-order chi connectivity index (χ0) is 23.5. The highest BCUT2D eigenvalue weighted by Gasteiger charge is 2.30. The number of ether oxygens (including phenoxy) is 2. The number of nitrogens with zero attached hydrogens (tertiary/aromatic N) is 1. The summed E-state index contributed by atoms with van der Waals surface area (Å²) in [5.74, 6) is -3.84. The normalized spacial score (nSPS) is 14.8. The summed E-state index contributed by atoms with van der Waals surface area (Å²) < 4.78 is 63.5. The average molecular weight is 509 g/mol. The van der Waals surface area contributed by atoms with Gasteiger partial charge in [-0.25, -0.2) is 22.0 Å². The Kier molecular flexibility index (Phi) is 7.67. The average Bonchev–Trinajstić information content (AvgIpc) is 2.74. The fraction of sp³-hybridized carbons (Fsp3) is 0.263. The summed E-state index contributed by atoms with van der Waals surface area (Å²) in [6, 6.07) is 4.57. The van der Waals surface area contributed by atoms with Gasteiger partial charge in [0, 0.05) is 19.2 Å². The molecule has 1 N–H and O–H groups in total. The van der Waals surface area contributed by atoms with E-state index in [4.69, 9.17) is 32.7 Å². The molecule has 1 amide bonds. The third kappa shape index (κ3) is 5.54. The minimum absolute atomic E-state index is 0.112. The number of carbonyl (C=O) groups is 2. The summed E-state index contributed by atoms with van der Waals surface area (Å²) in [6.07, 6.45) is 0. The first-order valence-electron chi connectivity index (χ1n) is 9.08. The maximum atomic E-state index is 13.6. The van der Waals surface area contributed by atoms with E-state index in [-0.39, 0.29) is 52.5 Å². The molecular weight excluding hydrogens is 493 g/mol. The second kappa shape index (κ2) is 10.1. The highest BCUT2D eigenvalue weighted by atomic mass is 35.5. The molecule has 0 bridgehead atoms. The molecule has 3 rings (SSSR count). The summed E-state index contributed by atoms with van der Waals surface area (Å²) >= 11 is 12.1. The largest absolute Gasteiger partial charge is 0.452 e. The molecule has 0 radical (unpaired) electrons. The Labute approximate surface area is 192 Å². The van der Waals surface area contributed by atoms with Gasteiger partial charge in [0.1, 0.15) is 16.5 Å². The number of carbonyl (C=O) groups excluding carboxylic acids is 2. The van der Waals surface area contributed by atoms with Gasteiger partial charge in [0.05, 0.1) is 34.5 Å². The molecule has 0 atom stereocenters. The quantitative estimate of drug-likeness (QED) is 0.601. The minimum Gasteiger partial charge on any atom is -0.452 e. The van der Waals surface area contributed by atoms with Crippen LogP contribution in [0.25, 0.3) is 0 Å². The van der Waals surface area contributed by atoms with Gasteiger partial charge in [-0.2, -0.15) is 4.31 Å². The number of anilines is 1. The van der Waals surface area contributed by atoms with Crippen LogP contribution in [0.2, 0.25) is 10.0 Å². The van der Waals surface area contributed by atoms with E-state index in [0.29, 0.717) is 6.07 Å². The zero-order valence-electron chi connectivity index (χ0n) is 16.2. The lowest BCUT2D eigenvalue weighted by molar-refractivity contribution is -0.119. The van der Waals surface area contributed by atoms with Crippen molar-refractivity contribution in [2.75, 3.05) is 38.2 Å². The van der Waals surface area contributed by atoms with Gasteiger partial charge < -0.3 is 14.8 Å². The predicted octanol–water partition coefficient (Wildman–Crippen LogP) is 3.09. The highest BCUT2D eigenvalue weighted by molar-refractivity contribution is 7.89. The van der Waals surface area contributed by atoms with E-state index in [1.165, 1.54) is 0 Å². The number of esters is 1. The summed E-state index contributed by atoms with van der Waals surface area (Å²) in [5.41, 5.74) is -0.639. The van der Waals surface area contributed by atoms with Crippen LogP contribution in [0.4, 0.5) is 14.5 Å². The van der Waals surface area contributed by atoms with Gasteiger partial charge in [-0.1, -0.05) is 23.2 Å². The Morgan fingerprint density at radius 2 is 1.78 bits per heavy atom. The van der Waals surface area contributed by atoms with Crippen molar-refractivity contribution < 1.29 is 36.3 Å². The van der Waals surface area contributed by atoms with Crippen molar-refractivity contribution in [3.8, 4) is 0 Å². The molecule has 0 aromatic heterocycles. The monoisotopic (exact) mass is 508 g/mol. The maximum absolute atomic E-state index is 13.6. The lowest BCUT2D eigenvalue weighted by atomic mass is 10.2. The van der Waals surface area contributed by atoms with Gasteiger partial charge in [-0.3, -0.25) is 4.79 Å². The van der Waals surface area contributed by atoms with Crippen LogP contribution in [-0.4, -0.2) is 57.5 Å². The minimum atomic E-state index is -4.04. The van der Waals surface area contributed by atoms with Gasteiger partial charge in [0.15, 0.2) is 6.61 Å². The maximum Gasteiger partial charge on any atom is 0.340 e. The summed E-state index contributed by atoms with van der Waals surface area (Å²) in [6.45, 7) is -0.186. The molecule has 13 heteroatoms. The first-order valence-corrected chi connectivity index (χ1v) is 11.3. The van der Waals surface area contributed by atoms with Crippen molar-refractivity contribution in [1.82, 2.24) is 4.31 Å². The number of halogens is 4. The van der Waals surface area contributed by atoms with Gasteiger partial charge in [0.25, 0.3) is 5.91 Å². The molecule has 1 heterocycles. The molecule has 2 aromatic rings. The fourth-order valence-electron chi connectivity index (χ4n) is 2.80. The summed E-state index contributed by atoms with van der Waals surface area (Å²) in [5, 5.41) is 1.74. The Hall–Kier alpha value is -2.31. The van der Waals surface area contributed by atoms with E-state index in [2.05, 4.69) is 5.32 Å². The SMILES string of the molecule is O=C(COC(=O)c1cc(S(=O)(=O)N2CCOCC2)c(Cl)cc1Cl)Nc1ccc(F)cc1F. The molecule has 0 saturated carbocycles. The van der Waals surface area contributed by atoms with E-state index in [0.717, 1.165) is 28.6 Å². The smallest absolute Gasteiger partial charge is 0.340 e. The van der Waals surface area contributed by atoms with Gasteiger partial charge >= 0.3 is 5.97 Å². The van der Waals surface area contributed by atoms with Crippen LogP contribution in [0.15, 0.2) is 35.2 Å². The second-order valence-corrected chi connectivity index (χ2v) is 9.25. The van der Waals surface area contributed by atoms with Crippen LogP contribution in [0.1, 0.15) is 10.4 Å². The molecule has 0 unspecified atom stereocenters. The van der Waals surface area contributed by atoms with E-state index in [1.807, 2.05) is 0 Å². The summed E-state index contributed by atoms with van der Waals surface area (Å²) in [7, 11) is -4.04. The molecule has 1 aliphatic rings. The Morgan fingerprint density at radius 1 is 1.09 bits per heavy atom. The molecule has 1 aliphatic heterocycles. The number of amides is 1. The van der Waals surface area contributed by atoms with Crippen molar-refractivity contribution in [3.05, 3.63) is 57.6 Å². The van der Waals surface area contributed by atoms with Crippen LogP contribution in [0, 0.1) is 11.6 Å². The van der Waals surface area contributed by atoms with Crippen LogP contribution < -0.4 is 5.32 Å². The molecular formula is C19H16Cl2F2N2O6S. The summed E-state index contributed by atoms with van der Waals surface area (Å²) in [4.78, 5) is 24.0. The number of rotatable bonds is 6. The zero-order valence-corrected chi connectivity index (χ0v) is 18.6. The van der Waals surface area contributed by atoms with Gasteiger partial charge in [-0.05, 0) is 24.3 Å². The Bertz CT molecular complexity index is 1160. The van der Waals surface area contributed by atoms with E-state index < -0.39 is 40.1 Å². The van der Waals surface area contributed by atoms with Crippen LogP contribution >= 0.6 is 23.2 Å². The lowest BCUT2D eigenvalue weighted by Gasteiger charge is -2.26. The number of benzene rings is 2. The number of hydrogen-bond acceptors (Lipinski definition) is 6. The number of hydrogen-bond donors (Lipinski definition) is 1. The van der Waals surface area contributed by atoms with Crippen LogP contribution in [0.3, 0.4) is 0 Å². The van der Waals surface area contributed by atoms with Crippen molar-refractivity contribution in [2.24, 2.45) is 0 Å². The van der Waals surface area contributed by atoms with Crippen molar-refractivity contribution >= 4 is 50.8 Å². The topological polar surface area (TPSA) is 102 Å². The standard InChI is InChI=1S/C19H16Cl2F2N2O6S/c20-13-9-14(21)17(32(28,29)25-3-5-30-6-4-25)8-12(13)19(27)31-10-18(26)24-16-2-1-11(22)7-15(16)23/h1-2,7-9H,3-6,10H2,(H,24,26). The third-order valence-electron chi connectivity index (χ3n) is 4.37. The van der Waals surface area contributed by atoms with Crippen LogP contribution in [-0.2, 0) is 24.3 Å². The molecule has 172 valence electrons. The number of morpholine rings is 1. The highest BCUT2D eigenvalue weighted by Crippen LogP contribution is 2.31. The van der Waals surface area contributed by atoms with Crippen molar-refractivity contribution in [1.29, 1.82) is 0 Å². The van der Waals surface area contributed by atoms with Gasteiger partial charge in [0.2, 0.25) is 10.0 Å². The lowest BCUT2D eigenvalue weighted by Crippen LogP contribution is -2.40.